The number of aromatic amines is 1. The molecule has 0 radical (unpaired) electrons. The van der Waals surface area contributed by atoms with E-state index in [1.165, 1.54) is 0 Å². The predicted molar refractivity (Wildman–Crippen MR) is 135 cm³/mol. The molecule has 12 heteroatoms. The van der Waals surface area contributed by atoms with Crippen molar-refractivity contribution < 1.29 is 24.1 Å². The first-order valence-electron chi connectivity index (χ1n) is 12.6. The highest BCUT2D eigenvalue weighted by atomic mass is 16.5. The van der Waals surface area contributed by atoms with Gasteiger partial charge in [0.1, 0.15) is 23.4 Å². The number of anilines is 1. The predicted octanol–water partition coefficient (Wildman–Crippen LogP) is 1.81. The maximum atomic E-state index is 12.9. The van der Waals surface area contributed by atoms with Crippen LogP contribution in [-0.4, -0.2) is 88.3 Å². The second-order valence-electron chi connectivity index (χ2n) is 9.61. The number of piperidine rings is 1. The van der Waals surface area contributed by atoms with Crippen LogP contribution in [0.25, 0.3) is 11.0 Å². The minimum Gasteiger partial charge on any atom is -0.496 e. The maximum absolute atomic E-state index is 12.9. The molecule has 1 amide bonds. The van der Waals surface area contributed by atoms with Crippen LogP contribution < -0.4 is 19.7 Å². The molecule has 0 spiro atoms. The van der Waals surface area contributed by atoms with Gasteiger partial charge in [0.25, 0.3) is 5.91 Å². The first-order valence-corrected chi connectivity index (χ1v) is 12.6. The molecule has 3 N–H and O–H groups in total. The maximum Gasteiger partial charge on any atom is 0.319 e. The summed E-state index contributed by atoms with van der Waals surface area (Å²) in [5, 5.41) is 21.2. The van der Waals surface area contributed by atoms with Crippen LogP contribution >= 0.6 is 0 Å². The van der Waals surface area contributed by atoms with Gasteiger partial charge in [-0.05, 0) is 38.7 Å². The number of aromatic nitrogens is 5. The molecule has 198 valence electrons. The number of carbonyl (C=O) groups excluding carboxylic acids is 1. The Morgan fingerprint density at radius 2 is 2.05 bits per heavy atom. The summed E-state index contributed by atoms with van der Waals surface area (Å²) in [4.78, 5) is 28.4. The quantitative estimate of drug-likeness (QED) is 0.388. The first-order chi connectivity index (χ1) is 18.0. The van der Waals surface area contributed by atoms with E-state index >= 15 is 0 Å². The van der Waals surface area contributed by atoms with Gasteiger partial charge in [-0.3, -0.25) is 9.89 Å². The highest BCUT2D eigenvalue weighted by molar-refractivity contribution is 5.93. The van der Waals surface area contributed by atoms with Gasteiger partial charge in [-0.25, -0.2) is 4.98 Å². The summed E-state index contributed by atoms with van der Waals surface area (Å²) in [5.41, 5.74) is 1.88. The fourth-order valence-electron chi connectivity index (χ4n) is 4.89. The summed E-state index contributed by atoms with van der Waals surface area (Å²) >= 11 is 0. The molecule has 4 heterocycles. The topological polar surface area (TPSA) is 148 Å². The molecule has 2 aliphatic rings. The van der Waals surface area contributed by atoms with Crippen LogP contribution in [0.2, 0.25) is 0 Å². The molecular weight excluding hydrogens is 478 g/mol. The van der Waals surface area contributed by atoms with Crippen molar-refractivity contribution in [2.75, 3.05) is 38.8 Å². The van der Waals surface area contributed by atoms with Crippen molar-refractivity contribution in [2.24, 2.45) is 0 Å². The van der Waals surface area contributed by atoms with Gasteiger partial charge in [0.05, 0.1) is 36.9 Å². The van der Waals surface area contributed by atoms with Crippen LogP contribution in [0.15, 0.2) is 18.3 Å². The van der Waals surface area contributed by atoms with Crippen molar-refractivity contribution >= 4 is 22.8 Å². The molecule has 5 rings (SSSR count). The van der Waals surface area contributed by atoms with Crippen LogP contribution in [0.1, 0.15) is 54.7 Å². The summed E-state index contributed by atoms with van der Waals surface area (Å²) in [5.74, 6) is 1.28. The smallest absolute Gasteiger partial charge is 0.319 e. The van der Waals surface area contributed by atoms with E-state index in [-0.39, 0.29) is 35.7 Å². The van der Waals surface area contributed by atoms with Crippen LogP contribution in [0, 0.1) is 0 Å². The standard InChI is InChI=1S/C25H33N7O5/c1-14(13-35-2)37-25-28-17(24(34)27-16-4-5-18(16)33)12-20(29-25)32-10-7-15(8-11-32)22-21-19(36-3)6-9-26-23(21)31-30-22/h6,9,12,14-16,18,33H,4-5,7-8,10-11,13H2,1-3H3,(H,27,34)(H,26,30,31)/t14-,16-,18+/m1/s1. The Kier molecular flexibility index (Phi) is 7.38. The molecular formula is C25H33N7O5. The van der Waals surface area contributed by atoms with Crippen molar-refractivity contribution in [1.82, 2.24) is 30.5 Å². The fourth-order valence-corrected chi connectivity index (χ4v) is 4.89. The zero-order chi connectivity index (χ0) is 25.9. The van der Waals surface area contributed by atoms with Gasteiger partial charge < -0.3 is 29.5 Å². The van der Waals surface area contributed by atoms with Gasteiger partial charge in [-0.15, -0.1) is 0 Å². The number of hydrogen-bond donors (Lipinski definition) is 3. The summed E-state index contributed by atoms with van der Waals surface area (Å²) in [7, 11) is 3.24. The van der Waals surface area contributed by atoms with Crippen molar-refractivity contribution in [3.05, 3.63) is 29.7 Å². The molecule has 0 bridgehead atoms. The number of aliphatic hydroxyl groups excluding tert-OH is 1. The number of pyridine rings is 1. The van der Waals surface area contributed by atoms with E-state index in [2.05, 4.69) is 35.4 Å². The second-order valence-corrected chi connectivity index (χ2v) is 9.61. The number of hydrogen-bond acceptors (Lipinski definition) is 10. The Hall–Kier alpha value is -3.51. The van der Waals surface area contributed by atoms with Crippen LogP contribution in [0.4, 0.5) is 5.82 Å². The van der Waals surface area contributed by atoms with Crippen molar-refractivity contribution in [2.45, 2.75) is 56.8 Å². The molecule has 3 aromatic rings. The Bertz CT molecular complexity index is 1240. The lowest BCUT2D eigenvalue weighted by Gasteiger charge is -2.33. The highest BCUT2D eigenvalue weighted by Gasteiger charge is 2.32. The van der Waals surface area contributed by atoms with Gasteiger partial charge >= 0.3 is 6.01 Å². The Morgan fingerprint density at radius 3 is 2.73 bits per heavy atom. The van der Waals surface area contributed by atoms with Crippen molar-refractivity contribution in [1.29, 1.82) is 0 Å². The Balaban J connectivity index is 1.34. The SMILES string of the molecule is COC[C@@H](C)Oc1nc(C(=O)N[C@@H]2CC[C@@H]2O)cc(N2CCC(c3[nH]nc4nccc(OC)c34)CC2)n1. The molecule has 12 nitrogen and oxygen atoms in total. The molecule has 1 saturated carbocycles. The lowest BCUT2D eigenvalue weighted by Crippen LogP contribution is -2.50. The van der Waals surface area contributed by atoms with Crippen LogP contribution in [-0.2, 0) is 4.74 Å². The highest BCUT2D eigenvalue weighted by Crippen LogP contribution is 2.36. The third kappa shape index (κ3) is 5.30. The minimum atomic E-state index is -0.519. The summed E-state index contributed by atoms with van der Waals surface area (Å²) < 4.78 is 16.6. The van der Waals surface area contributed by atoms with E-state index < -0.39 is 6.10 Å². The van der Waals surface area contributed by atoms with E-state index in [1.54, 1.807) is 26.5 Å². The van der Waals surface area contributed by atoms with E-state index in [4.69, 9.17) is 14.2 Å². The number of H-pyrrole nitrogens is 1. The number of rotatable bonds is 9. The largest absolute Gasteiger partial charge is 0.496 e. The number of nitrogens with one attached hydrogen (secondary N) is 2. The number of carbonyl (C=O) groups is 1. The second kappa shape index (κ2) is 10.9. The molecule has 2 fully saturated rings. The molecule has 3 aromatic heterocycles. The van der Waals surface area contributed by atoms with Gasteiger partial charge in [0.2, 0.25) is 0 Å². The average molecular weight is 512 g/mol. The number of nitrogens with zero attached hydrogens (tertiary/aromatic N) is 5. The first kappa shape index (κ1) is 25.2. The third-order valence-electron chi connectivity index (χ3n) is 7.08. The molecule has 0 aromatic carbocycles. The van der Waals surface area contributed by atoms with Crippen LogP contribution in [0.5, 0.6) is 11.8 Å². The Labute approximate surface area is 214 Å². The molecule has 37 heavy (non-hydrogen) atoms. The Morgan fingerprint density at radius 1 is 1.24 bits per heavy atom. The van der Waals surface area contributed by atoms with E-state index in [1.807, 2.05) is 13.0 Å². The molecule has 1 aliphatic heterocycles. The summed E-state index contributed by atoms with van der Waals surface area (Å²) in [6.07, 6.45) is 4.02. The van der Waals surface area contributed by atoms with Crippen molar-refractivity contribution in [3.8, 4) is 11.8 Å². The van der Waals surface area contributed by atoms with Gasteiger partial charge in [0.15, 0.2) is 5.65 Å². The number of amides is 1. The van der Waals surface area contributed by atoms with E-state index in [0.717, 1.165) is 49.2 Å². The zero-order valence-electron chi connectivity index (χ0n) is 21.3. The number of ether oxygens (including phenoxy) is 3. The van der Waals surface area contributed by atoms with Gasteiger partial charge in [-0.2, -0.15) is 15.1 Å². The van der Waals surface area contributed by atoms with Gasteiger partial charge in [-0.1, -0.05) is 0 Å². The molecule has 0 unspecified atom stereocenters. The zero-order valence-corrected chi connectivity index (χ0v) is 21.3. The molecule has 1 aliphatic carbocycles. The number of aliphatic hydroxyl groups is 1. The molecule has 3 atom stereocenters. The summed E-state index contributed by atoms with van der Waals surface area (Å²) in [6.45, 7) is 3.67. The van der Waals surface area contributed by atoms with E-state index in [0.29, 0.717) is 24.5 Å². The minimum absolute atomic E-state index is 0.124. The lowest BCUT2D eigenvalue weighted by atomic mass is 9.89. The number of fused-ring (bicyclic) bond motifs is 1. The summed E-state index contributed by atoms with van der Waals surface area (Å²) in [6, 6.07) is 3.40. The fraction of sp³-hybridized carbons (Fsp3) is 0.560. The van der Waals surface area contributed by atoms with E-state index in [9.17, 15) is 9.90 Å². The molecule has 1 saturated heterocycles. The normalized spacial score (nSPS) is 20.9. The third-order valence-corrected chi connectivity index (χ3v) is 7.08. The number of methoxy groups -OCH3 is 2. The average Bonchev–Trinajstić information content (AvgIpc) is 3.35. The van der Waals surface area contributed by atoms with Gasteiger partial charge in [0, 0.05) is 38.4 Å². The van der Waals surface area contributed by atoms with Crippen LogP contribution in [0.3, 0.4) is 0 Å². The van der Waals surface area contributed by atoms with Crippen molar-refractivity contribution in [3.63, 3.8) is 0 Å². The monoisotopic (exact) mass is 511 g/mol. The lowest BCUT2D eigenvalue weighted by molar-refractivity contribution is 0.0444.